The molecule has 146 valence electrons. The lowest BCUT2D eigenvalue weighted by atomic mass is 9.83. The van der Waals surface area contributed by atoms with Crippen molar-refractivity contribution >= 4 is 23.1 Å². The molecule has 2 aromatic rings. The smallest absolute Gasteiger partial charge is 0.236 e. The van der Waals surface area contributed by atoms with E-state index in [1.165, 1.54) is 0 Å². The highest BCUT2D eigenvalue weighted by Crippen LogP contribution is 2.32. The number of anilines is 2. The Labute approximate surface area is 165 Å². The zero-order valence-corrected chi connectivity index (χ0v) is 16.4. The lowest BCUT2D eigenvalue weighted by Crippen LogP contribution is -2.58. The van der Waals surface area contributed by atoms with Crippen LogP contribution >= 0.6 is 0 Å². The normalized spacial score (nSPS) is 26.8. The SMILES string of the molecule is Cc1ccc(C)c(NC(=O)C2CNC3C(C2=O)C(C)NN3c2ccccc2)c1. The second kappa shape index (κ2) is 7.37. The highest BCUT2D eigenvalue weighted by molar-refractivity contribution is 6.09. The predicted octanol–water partition coefficient (Wildman–Crippen LogP) is 2.39. The molecule has 0 aliphatic carbocycles. The number of amides is 1. The minimum atomic E-state index is -0.693. The van der Waals surface area contributed by atoms with Gasteiger partial charge in [-0.15, -0.1) is 0 Å². The van der Waals surface area contributed by atoms with Gasteiger partial charge >= 0.3 is 0 Å². The third-order valence-corrected chi connectivity index (χ3v) is 5.70. The Morgan fingerprint density at radius 3 is 2.64 bits per heavy atom. The Hall–Kier alpha value is -2.70. The van der Waals surface area contributed by atoms with Crippen LogP contribution in [0.15, 0.2) is 48.5 Å². The number of piperidine rings is 1. The van der Waals surface area contributed by atoms with Crippen LogP contribution in [0.4, 0.5) is 11.4 Å². The van der Waals surface area contributed by atoms with E-state index in [2.05, 4.69) is 16.1 Å². The molecular weight excluding hydrogens is 352 g/mol. The summed E-state index contributed by atoms with van der Waals surface area (Å²) in [6, 6.07) is 15.8. The summed E-state index contributed by atoms with van der Waals surface area (Å²) >= 11 is 0. The van der Waals surface area contributed by atoms with Crippen LogP contribution in [0.3, 0.4) is 0 Å². The topological polar surface area (TPSA) is 73.5 Å². The van der Waals surface area contributed by atoms with Crippen molar-refractivity contribution in [2.75, 3.05) is 16.9 Å². The van der Waals surface area contributed by atoms with Crippen molar-refractivity contribution in [3.8, 4) is 0 Å². The van der Waals surface area contributed by atoms with Crippen LogP contribution in [-0.4, -0.2) is 30.4 Å². The van der Waals surface area contributed by atoms with Gasteiger partial charge in [0.15, 0.2) is 5.78 Å². The van der Waals surface area contributed by atoms with Crippen LogP contribution in [0, 0.1) is 25.7 Å². The molecule has 0 aromatic heterocycles. The largest absolute Gasteiger partial charge is 0.325 e. The zero-order valence-electron chi connectivity index (χ0n) is 16.4. The first kappa shape index (κ1) is 18.7. The maximum atomic E-state index is 13.2. The lowest BCUT2D eigenvalue weighted by molar-refractivity contribution is -0.136. The molecule has 6 nitrogen and oxygen atoms in total. The van der Waals surface area contributed by atoms with E-state index in [1.54, 1.807) is 0 Å². The van der Waals surface area contributed by atoms with Crippen molar-refractivity contribution in [1.82, 2.24) is 10.7 Å². The number of rotatable bonds is 3. The number of ketones is 1. The highest BCUT2D eigenvalue weighted by Gasteiger charge is 2.50. The number of carbonyl (C=O) groups excluding carboxylic acids is 2. The molecule has 4 atom stereocenters. The summed E-state index contributed by atoms with van der Waals surface area (Å²) in [5.41, 5.74) is 7.21. The number of Topliss-reactive ketones (excluding diaryl/α,β-unsaturated/α-hetero) is 1. The molecule has 4 unspecified atom stereocenters. The van der Waals surface area contributed by atoms with Crippen LogP contribution in [-0.2, 0) is 9.59 Å². The summed E-state index contributed by atoms with van der Waals surface area (Å²) in [6.07, 6.45) is -0.158. The molecule has 0 spiro atoms. The molecule has 2 heterocycles. The Kier molecular flexibility index (Phi) is 4.91. The molecule has 2 aromatic carbocycles. The first-order valence-corrected chi connectivity index (χ1v) is 9.71. The fraction of sp³-hybridized carbons (Fsp3) is 0.364. The molecule has 2 aliphatic heterocycles. The van der Waals surface area contributed by atoms with Gasteiger partial charge in [-0.25, -0.2) is 5.43 Å². The Bertz CT molecular complexity index is 899. The van der Waals surface area contributed by atoms with Crippen LogP contribution in [0.5, 0.6) is 0 Å². The molecule has 2 fully saturated rings. The molecule has 6 heteroatoms. The van der Waals surface area contributed by atoms with Crippen molar-refractivity contribution in [2.45, 2.75) is 33.0 Å². The molecule has 3 N–H and O–H groups in total. The summed E-state index contributed by atoms with van der Waals surface area (Å²) in [7, 11) is 0. The maximum absolute atomic E-state index is 13.2. The zero-order chi connectivity index (χ0) is 19.8. The van der Waals surface area contributed by atoms with Gasteiger partial charge in [-0.3, -0.25) is 19.9 Å². The molecular formula is C22H26N4O2. The number of carbonyl (C=O) groups is 2. The fourth-order valence-corrected chi connectivity index (χ4v) is 4.14. The van der Waals surface area contributed by atoms with Gasteiger partial charge in [0, 0.05) is 18.3 Å². The summed E-state index contributed by atoms with van der Waals surface area (Å²) in [5, 5.41) is 8.38. The number of hydrogen-bond acceptors (Lipinski definition) is 5. The molecule has 1 amide bonds. The average molecular weight is 378 g/mol. The van der Waals surface area contributed by atoms with Gasteiger partial charge in [0.1, 0.15) is 12.1 Å². The first-order chi connectivity index (χ1) is 13.5. The number of benzene rings is 2. The van der Waals surface area contributed by atoms with Crippen molar-refractivity contribution < 1.29 is 9.59 Å². The summed E-state index contributed by atoms with van der Waals surface area (Å²) in [4.78, 5) is 26.1. The minimum Gasteiger partial charge on any atom is -0.325 e. The molecule has 28 heavy (non-hydrogen) atoms. The summed E-state index contributed by atoms with van der Waals surface area (Å²) in [6.45, 7) is 6.25. The fourth-order valence-electron chi connectivity index (χ4n) is 4.14. The van der Waals surface area contributed by atoms with Gasteiger partial charge in [0.05, 0.1) is 11.6 Å². The highest BCUT2D eigenvalue weighted by atomic mass is 16.2. The van der Waals surface area contributed by atoms with Gasteiger partial charge in [-0.05, 0) is 50.1 Å². The lowest BCUT2D eigenvalue weighted by Gasteiger charge is -2.35. The molecule has 0 radical (unpaired) electrons. The minimum absolute atomic E-state index is 0.00927. The Morgan fingerprint density at radius 2 is 1.89 bits per heavy atom. The standard InChI is InChI=1S/C22H26N4O2/c1-13-9-10-14(2)18(11-13)24-22(28)17-12-23-21-19(20(17)27)15(3)25-26(21)16-7-5-4-6-8-16/h4-11,15,17,19,21,23,25H,12H2,1-3H3,(H,24,28). The van der Waals surface area contributed by atoms with E-state index < -0.39 is 5.92 Å². The predicted molar refractivity (Wildman–Crippen MR) is 110 cm³/mol. The molecule has 0 saturated carbocycles. The van der Waals surface area contributed by atoms with Gasteiger partial charge in [-0.2, -0.15) is 0 Å². The van der Waals surface area contributed by atoms with Crippen molar-refractivity contribution in [1.29, 1.82) is 0 Å². The number of hydrazine groups is 1. The van der Waals surface area contributed by atoms with Crippen LogP contribution in [0.25, 0.3) is 0 Å². The quantitative estimate of drug-likeness (QED) is 0.715. The van der Waals surface area contributed by atoms with Gasteiger partial charge < -0.3 is 5.32 Å². The molecule has 4 rings (SSSR count). The van der Waals surface area contributed by atoms with E-state index >= 15 is 0 Å². The summed E-state index contributed by atoms with van der Waals surface area (Å²) < 4.78 is 0. The van der Waals surface area contributed by atoms with Crippen molar-refractivity contribution in [3.05, 3.63) is 59.7 Å². The first-order valence-electron chi connectivity index (χ1n) is 9.71. The molecule has 0 bridgehead atoms. The number of nitrogens with one attached hydrogen (secondary N) is 3. The second-order valence-electron chi connectivity index (χ2n) is 7.76. The number of para-hydroxylation sites is 1. The van der Waals surface area contributed by atoms with E-state index in [0.717, 1.165) is 22.5 Å². The number of fused-ring (bicyclic) bond motifs is 1. The second-order valence-corrected chi connectivity index (χ2v) is 7.76. The van der Waals surface area contributed by atoms with E-state index in [9.17, 15) is 9.59 Å². The van der Waals surface area contributed by atoms with Gasteiger partial charge in [0.25, 0.3) is 0 Å². The third kappa shape index (κ3) is 3.30. The van der Waals surface area contributed by atoms with Gasteiger partial charge in [-0.1, -0.05) is 30.3 Å². The van der Waals surface area contributed by atoms with Crippen LogP contribution < -0.4 is 21.1 Å². The van der Waals surface area contributed by atoms with Crippen LogP contribution in [0.1, 0.15) is 18.1 Å². The maximum Gasteiger partial charge on any atom is 0.236 e. The Morgan fingerprint density at radius 1 is 1.14 bits per heavy atom. The van der Waals surface area contributed by atoms with Gasteiger partial charge in [0.2, 0.25) is 5.91 Å². The molecule has 2 aliphatic rings. The summed E-state index contributed by atoms with van der Waals surface area (Å²) in [5.74, 6) is -1.23. The number of nitrogens with zero attached hydrogens (tertiary/aromatic N) is 1. The number of aryl methyl sites for hydroxylation is 2. The number of hydrogen-bond donors (Lipinski definition) is 3. The Balaban J connectivity index is 1.52. The van der Waals surface area contributed by atoms with Crippen molar-refractivity contribution in [3.63, 3.8) is 0 Å². The third-order valence-electron chi connectivity index (χ3n) is 5.70. The van der Waals surface area contributed by atoms with E-state index in [0.29, 0.717) is 6.54 Å². The molecule has 2 saturated heterocycles. The van der Waals surface area contributed by atoms with E-state index in [1.807, 2.05) is 74.3 Å². The van der Waals surface area contributed by atoms with E-state index in [4.69, 9.17) is 0 Å². The van der Waals surface area contributed by atoms with Crippen molar-refractivity contribution in [2.24, 2.45) is 11.8 Å². The van der Waals surface area contributed by atoms with E-state index in [-0.39, 0.29) is 29.8 Å². The van der Waals surface area contributed by atoms with Crippen LogP contribution in [0.2, 0.25) is 0 Å². The monoisotopic (exact) mass is 378 g/mol. The average Bonchev–Trinajstić information content (AvgIpc) is 3.03.